The molecule has 2 N–H and O–H groups in total. The Morgan fingerprint density at radius 2 is 2.04 bits per heavy atom. The van der Waals surface area contributed by atoms with Gasteiger partial charge in [-0.3, -0.25) is 0 Å². The minimum atomic E-state index is -0.386. The van der Waals surface area contributed by atoms with Crippen molar-refractivity contribution in [2.45, 2.75) is 6.54 Å². The van der Waals surface area contributed by atoms with Crippen LogP contribution in [-0.4, -0.2) is 15.3 Å². The van der Waals surface area contributed by atoms with Crippen molar-refractivity contribution in [3.05, 3.63) is 65.3 Å². The molecule has 0 aliphatic rings. The summed E-state index contributed by atoms with van der Waals surface area (Å²) in [6.07, 6.45) is 0. The van der Waals surface area contributed by atoms with Gasteiger partial charge >= 0.3 is 0 Å². The number of thiocarbonyl (C=S) groups is 1. The number of aromatic nitrogens is 2. The fourth-order valence-electron chi connectivity index (χ4n) is 1.96. The molecule has 0 aliphatic heterocycles. The third-order valence-electron chi connectivity index (χ3n) is 3.07. The van der Waals surface area contributed by atoms with E-state index in [1.807, 2.05) is 6.07 Å². The maximum atomic E-state index is 13.5. The second kappa shape index (κ2) is 7.37. The van der Waals surface area contributed by atoms with Gasteiger partial charge in [0.15, 0.2) is 5.11 Å². The van der Waals surface area contributed by atoms with Crippen LogP contribution in [0, 0.1) is 5.82 Å². The first-order chi connectivity index (χ1) is 11.6. The van der Waals surface area contributed by atoms with Crippen LogP contribution in [0.5, 0.6) is 0 Å². The fourth-order valence-corrected chi connectivity index (χ4v) is 2.33. The molecular formula is C16H12ClFN4OS. The molecular weight excluding hydrogens is 351 g/mol. The summed E-state index contributed by atoms with van der Waals surface area (Å²) in [5.74, 6) is 0.396. The zero-order valence-electron chi connectivity index (χ0n) is 12.3. The topological polar surface area (TPSA) is 63.0 Å². The average Bonchev–Trinajstić information content (AvgIpc) is 3.04. The van der Waals surface area contributed by atoms with Gasteiger partial charge in [-0.05, 0) is 36.5 Å². The first kappa shape index (κ1) is 16.4. The number of benzene rings is 2. The lowest BCUT2D eigenvalue weighted by atomic mass is 10.2. The van der Waals surface area contributed by atoms with Crippen LogP contribution in [0.4, 0.5) is 10.1 Å². The van der Waals surface area contributed by atoms with Crippen LogP contribution in [0.3, 0.4) is 0 Å². The molecule has 3 rings (SSSR count). The lowest BCUT2D eigenvalue weighted by Crippen LogP contribution is -2.28. The van der Waals surface area contributed by atoms with Gasteiger partial charge < -0.3 is 15.2 Å². The van der Waals surface area contributed by atoms with E-state index >= 15 is 0 Å². The Morgan fingerprint density at radius 3 is 2.83 bits per heavy atom. The summed E-state index contributed by atoms with van der Waals surface area (Å²) in [6, 6.07) is 13.4. The molecule has 2 aromatic carbocycles. The van der Waals surface area contributed by atoms with Gasteiger partial charge in [0.05, 0.1) is 12.2 Å². The summed E-state index contributed by atoms with van der Waals surface area (Å²) in [6.45, 7) is 0.216. The number of hydrogen-bond donors (Lipinski definition) is 2. The number of anilines is 1. The van der Waals surface area contributed by atoms with Gasteiger partial charge in [-0.2, -0.15) is 4.98 Å². The van der Waals surface area contributed by atoms with Crippen LogP contribution in [0.1, 0.15) is 5.89 Å². The maximum absolute atomic E-state index is 13.5. The Morgan fingerprint density at radius 1 is 1.21 bits per heavy atom. The number of halogens is 2. The largest absolute Gasteiger partial charge is 0.353 e. The smallest absolute Gasteiger partial charge is 0.246 e. The zero-order chi connectivity index (χ0) is 16.9. The number of para-hydroxylation sites is 1. The first-order valence-corrected chi connectivity index (χ1v) is 7.78. The highest BCUT2D eigenvalue weighted by Crippen LogP contribution is 2.19. The molecule has 0 bridgehead atoms. The Bertz CT molecular complexity index is 871. The van der Waals surface area contributed by atoms with Crippen molar-refractivity contribution in [2.24, 2.45) is 0 Å². The van der Waals surface area contributed by atoms with Gasteiger partial charge in [-0.25, -0.2) is 4.39 Å². The summed E-state index contributed by atoms with van der Waals surface area (Å²) in [5, 5.41) is 10.4. The SMILES string of the molecule is Fc1ccccc1NC(=S)NCc1nc(-c2cccc(Cl)c2)no1. The second-order valence-electron chi connectivity index (χ2n) is 4.81. The van der Waals surface area contributed by atoms with Crippen molar-refractivity contribution in [1.82, 2.24) is 15.5 Å². The number of nitrogens with one attached hydrogen (secondary N) is 2. The Balaban J connectivity index is 1.59. The van der Waals surface area contributed by atoms with E-state index in [2.05, 4.69) is 20.8 Å². The molecule has 3 aromatic rings. The average molecular weight is 363 g/mol. The van der Waals surface area contributed by atoms with E-state index in [0.29, 0.717) is 22.4 Å². The van der Waals surface area contributed by atoms with E-state index in [4.69, 9.17) is 28.3 Å². The Hall–Kier alpha value is -2.51. The molecule has 0 spiro atoms. The predicted octanol–water partition coefficient (Wildman–Crippen LogP) is 4.02. The molecule has 0 amide bonds. The van der Waals surface area contributed by atoms with Gasteiger partial charge in [0.1, 0.15) is 5.82 Å². The fraction of sp³-hybridized carbons (Fsp3) is 0.0625. The molecule has 0 unspecified atom stereocenters. The summed E-state index contributed by atoms with van der Waals surface area (Å²) >= 11 is 11.1. The van der Waals surface area contributed by atoms with Crippen LogP contribution < -0.4 is 10.6 Å². The Kier molecular flexibility index (Phi) is 5.02. The molecule has 24 heavy (non-hydrogen) atoms. The molecule has 0 atom stereocenters. The molecule has 0 saturated heterocycles. The van der Waals surface area contributed by atoms with Gasteiger partial charge in [0.25, 0.3) is 0 Å². The molecule has 0 fully saturated rings. The van der Waals surface area contributed by atoms with Gasteiger partial charge in [-0.15, -0.1) is 0 Å². The van der Waals surface area contributed by atoms with Crippen LogP contribution in [-0.2, 0) is 6.54 Å². The summed E-state index contributed by atoms with van der Waals surface area (Å²) in [7, 11) is 0. The summed E-state index contributed by atoms with van der Waals surface area (Å²) in [5.41, 5.74) is 1.05. The zero-order valence-corrected chi connectivity index (χ0v) is 13.9. The summed E-state index contributed by atoms with van der Waals surface area (Å²) in [4.78, 5) is 4.26. The molecule has 1 heterocycles. The maximum Gasteiger partial charge on any atom is 0.246 e. The molecule has 5 nitrogen and oxygen atoms in total. The lowest BCUT2D eigenvalue weighted by molar-refractivity contribution is 0.376. The van der Waals surface area contributed by atoms with E-state index < -0.39 is 0 Å². The molecule has 0 saturated carbocycles. The van der Waals surface area contributed by atoms with Crippen molar-refractivity contribution >= 4 is 34.6 Å². The van der Waals surface area contributed by atoms with Crippen LogP contribution in [0.15, 0.2) is 53.1 Å². The van der Waals surface area contributed by atoms with E-state index in [1.165, 1.54) is 6.07 Å². The van der Waals surface area contributed by atoms with E-state index in [-0.39, 0.29) is 17.5 Å². The Labute approximate surface area is 147 Å². The predicted molar refractivity (Wildman–Crippen MR) is 94.2 cm³/mol. The highest BCUT2D eigenvalue weighted by Gasteiger charge is 2.10. The van der Waals surface area contributed by atoms with Gasteiger partial charge in [0, 0.05) is 10.6 Å². The van der Waals surface area contributed by atoms with Crippen molar-refractivity contribution < 1.29 is 8.91 Å². The first-order valence-electron chi connectivity index (χ1n) is 7.00. The normalized spacial score (nSPS) is 10.4. The quantitative estimate of drug-likeness (QED) is 0.684. The molecule has 8 heteroatoms. The number of hydrogen-bond acceptors (Lipinski definition) is 4. The monoisotopic (exact) mass is 362 g/mol. The van der Waals surface area contributed by atoms with Crippen LogP contribution in [0.2, 0.25) is 5.02 Å². The molecule has 0 aliphatic carbocycles. The van der Waals surface area contributed by atoms with Gasteiger partial charge in [-0.1, -0.05) is 41.0 Å². The third-order valence-corrected chi connectivity index (χ3v) is 3.55. The minimum Gasteiger partial charge on any atom is -0.353 e. The van der Waals surface area contributed by atoms with E-state index in [1.54, 1.807) is 36.4 Å². The van der Waals surface area contributed by atoms with E-state index in [0.717, 1.165) is 5.56 Å². The highest BCUT2D eigenvalue weighted by atomic mass is 35.5. The summed E-state index contributed by atoms with van der Waals surface area (Å²) < 4.78 is 18.7. The third kappa shape index (κ3) is 4.06. The number of nitrogens with zero attached hydrogens (tertiary/aromatic N) is 2. The van der Waals surface area contributed by atoms with Crippen molar-refractivity contribution in [3.8, 4) is 11.4 Å². The lowest BCUT2D eigenvalue weighted by Gasteiger charge is -2.09. The second-order valence-corrected chi connectivity index (χ2v) is 5.65. The standard InChI is InChI=1S/C16H12ClFN4OS/c17-11-5-3-4-10(8-11)15-21-14(23-22-15)9-19-16(24)20-13-7-2-1-6-12(13)18/h1-8H,9H2,(H2,19,20,24). The van der Waals surface area contributed by atoms with Gasteiger partial charge in [0.2, 0.25) is 11.7 Å². The minimum absolute atomic E-state index is 0.216. The molecule has 1 aromatic heterocycles. The van der Waals surface area contributed by atoms with E-state index in [9.17, 15) is 4.39 Å². The molecule has 0 radical (unpaired) electrons. The highest BCUT2D eigenvalue weighted by molar-refractivity contribution is 7.80. The van der Waals surface area contributed by atoms with Crippen molar-refractivity contribution in [2.75, 3.05) is 5.32 Å². The molecule has 122 valence electrons. The number of rotatable bonds is 4. The van der Waals surface area contributed by atoms with Crippen molar-refractivity contribution in [1.29, 1.82) is 0 Å². The van der Waals surface area contributed by atoms with Crippen molar-refractivity contribution in [3.63, 3.8) is 0 Å². The van der Waals surface area contributed by atoms with Crippen LogP contribution in [0.25, 0.3) is 11.4 Å². The van der Waals surface area contributed by atoms with Crippen LogP contribution >= 0.6 is 23.8 Å².